The van der Waals surface area contributed by atoms with Gasteiger partial charge in [-0.05, 0) is 0 Å². The molecule has 3 aliphatic rings. The third kappa shape index (κ3) is 12.5. The van der Waals surface area contributed by atoms with Crippen LogP contribution in [0.3, 0.4) is 0 Å². The number of anilines is 2. The normalized spacial score (nSPS) is 29.8. The molecule has 5 aromatic heterocycles. The van der Waals surface area contributed by atoms with Gasteiger partial charge in [-0.2, -0.15) is 8.62 Å². The predicted molar refractivity (Wildman–Crippen MR) is 251 cm³/mol. The Labute approximate surface area is 429 Å². The van der Waals surface area contributed by atoms with E-state index < -0.39 is 154 Å². The number of carbonyl (C=O) groups is 1. The van der Waals surface area contributed by atoms with Crippen LogP contribution in [-0.2, 0) is 71.2 Å². The number of aromatic nitrogens is 10. The summed E-state index contributed by atoms with van der Waals surface area (Å²) in [6.45, 7) is -3.23. The molecular weight excluding hydrogens is 1120 g/mol. The number of nitrogens with one attached hydrogen (secondary N) is 3. The summed E-state index contributed by atoms with van der Waals surface area (Å²) in [4.78, 5) is 114. The van der Waals surface area contributed by atoms with Crippen LogP contribution in [0, 0.1) is 5.92 Å². The lowest BCUT2D eigenvalue weighted by Gasteiger charge is -2.27. The molecule has 3 fully saturated rings. The molecule has 3 aliphatic heterocycles. The van der Waals surface area contributed by atoms with Crippen LogP contribution >= 0.6 is 31.2 Å². The van der Waals surface area contributed by atoms with E-state index in [-0.39, 0.29) is 34.1 Å². The van der Waals surface area contributed by atoms with Gasteiger partial charge in [-0.25, -0.2) is 47.7 Å². The molecule has 0 bridgehead atoms. The highest BCUT2D eigenvalue weighted by atomic mass is 31.3. The van der Waals surface area contributed by atoms with Crippen LogP contribution in [0.4, 0.5) is 11.8 Å². The second-order valence-electron chi connectivity index (χ2n) is 17.5. The van der Waals surface area contributed by atoms with Crippen LogP contribution in [0.15, 0.2) is 45.6 Å². The first kappa shape index (κ1) is 58.0. The molecule has 14 N–H and O–H groups in total. The summed E-state index contributed by atoms with van der Waals surface area (Å²) in [6, 6.07) is -0.739. The molecule has 5 unspecified atom stereocenters. The lowest BCUT2D eigenvalue weighted by Crippen LogP contribution is -2.45. The topological polar surface area (TPSA) is 530 Å². The second-order valence-corrected chi connectivity index (χ2v) is 23.7. The van der Waals surface area contributed by atoms with E-state index >= 15 is 0 Å². The predicted octanol–water partition coefficient (Wildman–Crippen LogP) is -4.57. The Hall–Kier alpha value is -5.11. The number of aliphatic hydroxyl groups is 3. The largest absolute Gasteiger partial charge is 0.490 e. The Bertz CT molecular complexity index is 3410. The molecular formula is C35H51N14O24P4+. The van der Waals surface area contributed by atoms with Crippen molar-refractivity contribution in [2.45, 2.75) is 73.9 Å². The van der Waals surface area contributed by atoms with Gasteiger partial charge in [-0.3, -0.25) is 51.6 Å². The number of amides is 1. The Morgan fingerprint density at radius 3 is 2.14 bits per heavy atom. The number of nitrogen functional groups attached to an aromatic ring is 2. The van der Waals surface area contributed by atoms with Gasteiger partial charge in [0.25, 0.3) is 17.1 Å². The molecule has 0 aromatic carbocycles. The lowest BCUT2D eigenvalue weighted by molar-refractivity contribution is -0.745. The van der Waals surface area contributed by atoms with Crippen molar-refractivity contribution in [3.8, 4) is 0 Å². The average molecular weight is 1180 g/mol. The van der Waals surface area contributed by atoms with Gasteiger partial charge in [0.1, 0.15) is 48.5 Å². The highest BCUT2D eigenvalue weighted by Crippen LogP contribution is 2.68. The Kier molecular flexibility index (Phi) is 16.7. The van der Waals surface area contributed by atoms with Crippen LogP contribution in [-0.4, -0.2) is 179 Å². The molecule has 424 valence electrons. The van der Waals surface area contributed by atoms with Crippen molar-refractivity contribution in [2.75, 3.05) is 52.5 Å². The molecule has 1 amide bonds. The summed E-state index contributed by atoms with van der Waals surface area (Å²) >= 11 is 0. The van der Waals surface area contributed by atoms with Gasteiger partial charge in [-0.1, -0.05) is 4.98 Å². The fourth-order valence-electron chi connectivity index (χ4n) is 8.63. The van der Waals surface area contributed by atoms with E-state index in [0.717, 1.165) is 36.6 Å². The molecule has 0 spiro atoms. The fraction of sp³-hybridized carbons (Fsp3) is 0.571. The minimum atomic E-state index is -6.22. The number of fused-ring (bicyclic) bond motifs is 2. The van der Waals surface area contributed by atoms with E-state index in [2.05, 4.69) is 38.6 Å². The van der Waals surface area contributed by atoms with Crippen molar-refractivity contribution in [1.82, 2.24) is 53.6 Å². The molecule has 77 heavy (non-hydrogen) atoms. The second kappa shape index (κ2) is 22.2. The van der Waals surface area contributed by atoms with Gasteiger partial charge in [0.15, 0.2) is 30.2 Å². The zero-order valence-electron chi connectivity index (χ0n) is 40.2. The van der Waals surface area contributed by atoms with Crippen molar-refractivity contribution in [3.63, 3.8) is 0 Å². The third-order valence-corrected chi connectivity index (χ3v) is 17.6. The summed E-state index contributed by atoms with van der Waals surface area (Å²) in [5.41, 5.74) is 9.23. The molecule has 3 saturated heterocycles. The number of nitrogens with zero attached hydrogens (tertiary/aromatic N) is 9. The highest BCUT2D eigenvalue weighted by Gasteiger charge is 2.53. The van der Waals surface area contributed by atoms with E-state index in [1.54, 1.807) is 0 Å². The van der Waals surface area contributed by atoms with E-state index in [1.807, 2.05) is 4.98 Å². The Morgan fingerprint density at radius 2 is 1.49 bits per heavy atom. The maximum Gasteiger partial charge on any atom is 0.490 e. The molecule has 5 aromatic rings. The smallest absolute Gasteiger partial charge is 0.387 e. The van der Waals surface area contributed by atoms with Crippen molar-refractivity contribution >= 4 is 71.2 Å². The molecule has 0 saturated carbocycles. The maximum absolute atomic E-state index is 13.7. The van der Waals surface area contributed by atoms with Crippen LogP contribution in [0.2, 0.25) is 0 Å². The van der Waals surface area contributed by atoms with Crippen molar-refractivity contribution in [3.05, 3.63) is 62.4 Å². The van der Waals surface area contributed by atoms with E-state index in [0.29, 0.717) is 0 Å². The van der Waals surface area contributed by atoms with E-state index in [9.17, 15) is 72.3 Å². The van der Waals surface area contributed by atoms with Gasteiger partial charge >= 0.3 is 42.6 Å². The summed E-state index contributed by atoms with van der Waals surface area (Å²) in [6.07, 6.45) is -12.0. The first-order valence-corrected chi connectivity index (χ1v) is 28.2. The van der Waals surface area contributed by atoms with Crippen LogP contribution in [0.1, 0.15) is 25.1 Å². The molecule has 16 atom stereocenters. The van der Waals surface area contributed by atoms with Crippen molar-refractivity contribution < 1.29 is 104 Å². The Morgan fingerprint density at radius 1 is 0.844 bits per heavy atom. The first-order valence-electron chi connectivity index (χ1n) is 22.2. The van der Waals surface area contributed by atoms with Gasteiger partial charge in [0, 0.05) is 45.8 Å². The summed E-state index contributed by atoms with van der Waals surface area (Å²) in [7, 11) is -17.9. The summed E-state index contributed by atoms with van der Waals surface area (Å²) in [5.74, 6) is -2.17. The fourth-order valence-corrected chi connectivity index (χ4v) is 13.3. The zero-order chi connectivity index (χ0) is 56.3. The monoisotopic (exact) mass is 1180 g/mol. The number of phosphoric ester groups is 2. The number of ether oxygens (including phenoxy) is 4. The quantitative estimate of drug-likeness (QED) is 0.0243. The van der Waals surface area contributed by atoms with Crippen molar-refractivity contribution in [1.29, 1.82) is 0 Å². The molecule has 8 heterocycles. The van der Waals surface area contributed by atoms with Gasteiger partial charge in [0.2, 0.25) is 17.7 Å². The van der Waals surface area contributed by atoms with Crippen molar-refractivity contribution in [2.24, 2.45) is 13.0 Å². The number of aromatic amines is 2. The number of nitrogens with two attached hydrogens (primary N) is 2. The number of aliphatic hydroxyl groups excluding tert-OH is 3. The minimum absolute atomic E-state index is 0.00734. The zero-order valence-corrected chi connectivity index (χ0v) is 43.8. The number of phosphoric acid groups is 3. The summed E-state index contributed by atoms with van der Waals surface area (Å²) < 4.78 is 105. The number of methoxy groups -OCH3 is 1. The SMILES string of the molecule is CO[C@@H]1[C@H](NP(=O)(O)OC[C@H]2O[C@@H](n3ccc(=O)[nH]c3=O)[C@H](O)[C@@H]2O)[C@@H](COP(=O)(O)OP(=O)(O)OP(=O)(O)OC[C@H]2OC([n+]3cn(C)c4c(=O)[nH]c(N)nc43)[C@H](O)[C@@H]2CC(=O)N(C)C)O[C@H]1n1cnc2c(N)ncnc21. The van der Waals surface area contributed by atoms with Crippen LogP contribution in [0.25, 0.3) is 22.3 Å². The molecule has 0 aliphatic carbocycles. The van der Waals surface area contributed by atoms with Gasteiger partial charge in [-0.15, -0.1) is 0 Å². The summed E-state index contributed by atoms with van der Waals surface area (Å²) in [5, 5.41) is 35.0. The standard InChI is InChI=1S/C35H50N14O24P4/c1-45(2)19(51)7-14-15(69-31(23(14)52)49-13-46(3)22-29(49)42-34(37)43-30(22)55)8-67-75(59,60)72-77(63,64)73-76(61,62)68-9-16-20(26(65-4)33(70-16)48-12-40-21-27(36)38-11-39-28(21)48)44-74(57,58)66-10-17-24(53)25(54)32(71-17)47-6-5-18(50)41-35(47)56/h5-6,11-17,20,23-26,31-33,52-54H,7-10H2,1-4H3,(H10-,36,37,38,39,41,42,43,44,50,55,56,57,58,59,60,61,62,63,64)/p+1/t14-,15-,16-,17-,20-,23-,24-,25-,26-,31?,32-,33-/m1/s1. The van der Waals surface area contributed by atoms with Crippen LogP contribution in [0.5, 0.6) is 0 Å². The number of H-pyrrole nitrogens is 2. The van der Waals surface area contributed by atoms with Gasteiger partial charge < -0.3 is 70.2 Å². The number of hydrogen-bond donors (Lipinski definition) is 12. The molecule has 38 nitrogen and oxygen atoms in total. The molecule has 0 radical (unpaired) electrons. The van der Waals surface area contributed by atoms with Gasteiger partial charge in [0.05, 0.1) is 45.3 Å². The average Bonchev–Trinajstić information content (AvgIpc) is 4.13. The van der Waals surface area contributed by atoms with E-state index in [4.69, 9.17) is 44.0 Å². The maximum atomic E-state index is 13.7. The molecule has 8 rings (SSSR count). The number of hydrogen-bond acceptors (Lipinski definition) is 26. The minimum Gasteiger partial charge on any atom is -0.387 e. The van der Waals surface area contributed by atoms with E-state index in [1.165, 1.54) is 46.1 Å². The first-order chi connectivity index (χ1) is 36.0. The number of carbonyl (C=O) groups excluding carboxylic acids is 1. The Balaban J connectivity index is 0.951. The number of aryl methyl sites for hydroxylation is 1. The third-order valence-electron chi connectivity index (χ3n) is 12.2. The highest BCUT2D eigenvalue weighted by molar-refractivity contribution is 7.66. The molecule has 42 heteroatoms. The lowest BCUT2D eigenvalue weighted by atomic mass is 9.94. The van der Waals surface area contributed by atoms with Crippen LogP contribution < -0.4 is 37.9 Å². The number of imidazole rings is 2. The number of rotatable bonds is 21.